The van der Waals surface area contributed by atoms with Crippen molar-refractivity contribution in [2.24, 2.45) is 4.99 Å². The molecule has 0 aromatic rings. The molecular formula is C7H9N. The van der Waals surface area contributed by atoms with Gasteiger partial charge in [-0.25, -0.2) is 0 Å². The van der Waals surface area contributed by atoms with E-state index in [2.05, 4.69) is 11.6 Å². The van der Waals surface area contributed by atoms with E-state index in [9.17, 15) is 0 Å². The van der Waals surface area contributed by atoms with Crippen LogP contribution in [0.5, 0.6) is 0 Å². The van der Waals surface area contributed by atoms with E-state index in [4.69, 9.17) is 0 Å². The molecule has 0 N–H and O–H groups in total. The molecule has 0 bridgehead atoms. The molecule has 1 rings (SSSR count). The Balaban J connectivity index is 2.68. The Morgan fingerprint density at radius 1 is 1.75 bits per heavy atom. The first-order valence-corrected chi connectivity index (χ1v) is 2.69. The summed E-state index contributed by atoms with van der Waals surface area (Å²) in [5.41, 5.74) is 0.989. The lowest BCUT2D eigenvalue weighted by Gasteiger charge is -2.02. The van der Waals surface area contributed by atoms with Crippen molar-refractivity contribution in [3.63, 3.8) is 0 Å². The van der Waals surface area contributed by atoms with Gasteiger partial charge in [0.05, 0.1) is 6.04 Å². The molecule has 0 aromatic heterocycles. The first-order valence-electron chi connectivity index (χ1n) is 2.69. The van der Waals surface area contributed by atoms with Crippen molar-refractivity contribution in [2.75, 3.05) is 0 Å². The maximum atomic E-state index is 4.10. The van der Waals surface area contributed by atoms with Gasteiger partial charge in [-0.05, 0) is 12.5 Å². The SMILES string of the molecule is C=C1C=CC(C)N=C1. The van der Waals surface area contributed by atoms with Gasteiger partial charge in [-0.3, -0.25) is 4.99 Å². The van der Waals surface area contributed by atoms with Crippen molar-refractivity contribution >= 4 is 6.21 Å². The summed E-state index contributed by atoms with van der Waals surface area (Å²) in [6.45, 7) is 5.75. The van der Waals surface area contributed by atoms with Crippen LogP contribution in [0.3, 0.4) is 0 Å². The van der Waals surface area contributed by atoms with Gasteiger partial charge in [-0.2, -0.15) is 0 Å². The third kappa shape index (κ3) is 1.06. The molecule has 1 atom stereocenters. The number of hydrogen-bond acceptors (Lipinski definition) is 1. The van der Waals surface area contributed by atoms with Crippen molar-refractivity contribution in [1.29, 1.82) is 0 Å². The summed E-state index contributed by atoms with van der Waals surface area (Å²) in [5, 5.41) is 0. The molecule has 0 fully saturated rings. The zero-order valence-corrected chi connectivity index (χ0v) is 4.96. The lowest BCUT2D eigenvalue weighted by molar-refractivity contribution is 0.925. The molecule has 0 spiro atoms. The molecule has 1 aliphatic rings. The molecule has 0 saturated carbocycles. The zero-order chi connectivity index (χ0) is 5.98. The zero-order valence-electron chi connectivity index (χ0n) is 4.96. The monoisotopic (exact) mass is 107 g/mol. The standard InChI is InChI=1S/C7H9N/c1-6-3-4-7(2)8-5-6/h3-5,7H,1H2,2H3. The van der Waals surface area contributed by atoms with Crippen LogP contribution in [0.25, 0.3) is 0 Å². The van der Waals surface area contributed by atoms with E-state index >= 15 is 0 Å². The van der Waals surface area contributed by atoms with Crippen LogP contribution in [0.4, 0.5) is 0 Å². The summed E-state index contributed by atoms with van der Waals surface area (Å²) in [6.07, 6.45) is 5.81. The normalized spacial score (nSPS) is 26.6. The Morgan fingerprint density at radius 2 is 2.50 bits per heavy atom. The fraction of sp³-hybridized carbons (Fsp3) is 0.286. The highest BCUT2D eigenvalue weighted by molar-refractivity contribution is 5.82. The first kappa shape index (κ1) is 5.29. The van der Waals surface area contributed by atoms with E-state index in [-0.39, 0.29) is 0 Å². The predicted molar refractivity (Wildman–Crippen MR) is 36.2 cm³/mol. The highest BCUT2D eigenvalue weighted by Crippen LogP contribution is 2.01. The molecule has 8 heavy (non-hydrogen) atoms. The maximum absolute atomic E-state index is 4.10. The summed E-state index contributed by atoms with van der Waals surface area (Å²) in [7, 11) is 0. The van der Waals surface area contributed by atoms with Crippen LogP contribution in [-0.2, 0) is 0 Å². The van der Waals surface area contributed by atoms with E-state index in [0.717, 1.165) is 5.57 Å². The molecule has 1 unspecified atom stereocenters. The first-order chi connectivity index (χ1) is 3.79. The summed E-state index contributed by atoms with van der Waals surface area (Å²) in [4.78, 5) is 4.10. The number of rotatable bonds is 0. The van der Waals surface area contributed by atoms with E-state index < -0.39 is 0 Å². The molecule has 0 radical (unpaired) electrons. The number of aliphatic imine (C=N–C) groups is 1. The van der Waals surface area contributed by atoms with Crippen molar-refractivity contribution < 1.29 is 0 Å². The Kier molecular flexibility index (Phi) is 1.29. The van der Waals surface area contributed by atoms with Gasteiger partial charge >= 0.3 is 0 Å². The molecular weight excluding hydrogens is 98.1 g/mol. The Hall–Kier alpha value is -0.850. The van der Waals surface area contributed by atoms with Crippen LogP contribution in [-0.4, -0.2) is 12.3 Å². The van der Waals surface area contributed by atoms with Crippen LogP contribution in [0.1, 0.15) is 6.92 Å². The summed E-state index contributed by atoms with van der Waals surface area (Å²) < 4.78 is 0. The van der Waals surface area contributed by atoms with Crippen LogP contribution in [0, 0.1) is 0 Å². The predicted octanol–water partition coefficient (Wildman–Crippen LogP) is 1.57. The molecule has 1 heterocycles. The second-order valence-electron chi connectivity index (χ2n) is 1.95. The average molecular weight is 107 g/mol. The number of dihydropyridines is 1. The van der Waals surface area contributed by atoms with Crippen molar-refractivity contribution in [3.05, 3.63) is 24.3 Å². The van der Waals surface area contributed by atoms with E-state index in [1.165, 1.54) is 0 Å². The molecule has 0 amide bonds. The third-order valence-corrected chi connectivity index (χ3v) is 1.06. The summed E-state index contributed by atoms with van der Waals surface area (Å²) in [6, 6.07) is 0.348. The van der Waals surface area contributed by atoms with Crippen LogP contribution in [0.2, 0.25) is 0 Å². The van der Waals surface area contributed by atoms with Crippen LogP contribution < -0.4 is 0 Å². The van der Waals surface area contributed by atoms with Gasteiger partial charge in [-0.1, -0.05) is 18.7 Å². The Morgan fingerprint density at radius 3 is 2.88 bits per heavy atom. The number of allylic oxidation sites excluding steroid dienone is 2. The van der Waals surface area contributed by atoms with Gasteiger partial charge in [0.2, 0.25) is 0 Å². The minimum Gasteiger partial charge on any atom is -0.285 e. The smallest absolute Gasteiger partial charge is 0.0655 e. The molecule has 0 saturated heterocycles. The van der Waals surface area contributed by atoms with Gasteiger partial charge in [0.1, 0.15) is 0 Å². The third-order valence-electron chi connectivity index (χ3n) is 1.06. The van der Waals surface area contributed by atoms with Crippen molar-refractivity contribution in [3.8, 4) is 0 Å². The minimum atomic E-state index is 0.348. The summed E-state index contributed by atoms with van der Waals surface area (Å²) >= 11 is 0. The van der Waals surface area contributed by atoms with Gasteiger partial charge < -0.3 is 0 Å². The van der Waals surface area contributed by atoms with E-state index in [1.54, 1.807) is 6.21 Å². The molecule has 42 valence electrons. The highest BCUT2D eigenvalue weighted by Gasteiger charge is 1.94. The largest absolute Gasteiger partial charge is 0.285 e. The van der Waals surface area contributed by atoms with Gasteiger partial charge in [0, 0.05) is 6.21 Å². The average Bonchev–Trinajstić information content (AvgIpc) is 1.77. The van der Waals surface area contributed by atoms with Gasteiger partial charge in [0.25, 0.3) is 0 Å². The van der Waals surface area contributed by atoms with E-state index in [1.807, 2.05) is 19.1 Å². The number of hydrogen-bond donors (Lipinski definition) is 0. The minimum absolute atomic E-state index is 0.348. The van der Waals surface area contributed by atoms with Crippen LogP contribution >= 0.6 is 0 Å². The highest BCUT2D eigenvalue weighted by atomic mass is 14.7. The molecule has 1 nitrogen and oxygen atoms in total. The molecule has 1 aliphatic heterocycles. The topological polar surface area (TPSA) is 12.4 Å². The number of nitrogens with zero attached hydrogens (tertiary/aromatic N) is 1. The lowest BCUT2D eigenvalue weighted by atomic mass is 10.2. The fourth-order valence-corrected chi connectivity index (χ4v) is 0.569. The quantitative estimate of drug-likeness (QED) is 0.445. The molecule has 1 heteroatoms. The van der Waals surface area contributed by atoms with Crippen LogP contribution in [0.15, 0.2) is 29.3 Å². The van der Waals surface area contributed by atoms with Gasteiger partial charge in [0.15, 0.2) is 0 Å². The Labute approximate surface area is 49.4 Å². The summed E-state index contributed by atoms with van der Waals surface area (Å²) in [5.74, 6) is 0. The van der Waals surface area contributed by atoms with Crippen molar-refractivity contribution in [2.45, 2.75) is 13.0 Å². The molecule has 0 aromatic carbocycles. The fourth-order valence-electron chi connectivity index (χ4n) is 0.569. The Bertz CT molecular complexity index is 138. The lowest BCUT2D eigenvalue weighted by Crippen LogP contribution is -1.97. The van der Waals surface area contributed by atoms with E-state index in [0.29, 0.717) is 6.04 Å². The molecule has 0 aliphatic carbocycles. The van der Waals surface area contributed by atoms with Crippen molar-refractivity contribution in [1.82, 2.24) is 0 Å². The van der Waals surface area contributed by atoms with Gasteiger partial charge in [-0.15, -0.1) is 0 Å². The maximum Gasteiger partial charge on any atom is 0.0655 e. The second-order valence-corrected chi connectivity index (χ2v) is 1.95. The second kappa shape index (κ2) is 1.95.